The summed E-state index contributed by atoms with van der Waals surface area (Å²) in [7, 11) is 0. The Hall–Kier alpha value is -0.0800. The van der Waals surface area contributed by atoms with Crippen LogP contribution in [-0.2, 0) is 0 Å². The molecule has 10 heavy (non-hydrogen) atoms. The third-order valence-corrected chi connectivity index (χ3v) is 3.19. The molecule has 1 unspecified atom stereocenters. The van der Waals surface area contributed by atoms with Gasteiger partial charge in [-0.15, -0.1) is 0 Å². The van der Waals surface area contributed by atoms with Crippen LogP contribution >= 0.6 is 0 Å². The monoisotopic (exact) mass is 144 g/mol. The molecule has 0 aromatic heterocycles. The second-order valence-electron chi connectivity index (χ2n) is 3.98. The largest absolute Gasteiger partial charge is 0.365 e. The highest BCUT2D eigenvalue weighted by atomic mass is 16.5. The average molecular weight is 144 g/mol. The Morgan fingerprint density at radius 2 is 1.80 bits per heavy atom. The second kappa shape index (κ2) is 1.95. The topological polar surface area (TPSA) is 40.5 Å². The Morgan fingerprint density at radius 3 is 1.90 bits per heavy atom. The van der Waals surface area contributed by atoms with Crippen molar-refractivity contribution >= 4 is 0 Å². The minimum absolute atomic E-state index is 0.340. The molecule has 60 valence electrons. The lowest BCUT2D eigenvalue weighted by molar-refractivity contribution is -0.222. The zero-order valence-corrected chi connectivity index (χ0v) is 6.89. The van der Waals surface area contributed by atoms with E-state index in [-0.39, 0.29) is 5.41 Å². The van der Waals surface area contributed by atoms with Gasteiger partial charge in [-0.3, -0.25) is 0 Å². The first kappa shape index (κ1) is 8.02. The van der Waals surface area contributed by atoms with Crippen molar-refractivity contribution in [2.45, 2.75) is 39.4 Å². The van der Waals surface area contributed by atoms with Crippen molar-refractivity contribution in [2.75, 3.05) is 0 Å². The number of hydrogen-bond acceptors (Lipinski definition) is 2. The van der Waals surface area contributed by atoms with Gasteiger partial charge in [-0.1, -0.05) is 20.8 Å². The Balaban J connectivity index is 2.84. The maximum absolute atomic E-state index is 9.45. The third kappa shape index (κ3) is 0.867. The lowest BCUT2D eigenvalue weighted by Gasteiger charge is -2.34. The maximum atomic E-state index is 9.45. The van der Waals surface area contributed by atoms with E-state index in [9.17, 15) is 10.2 Å². The van der Waals surface area contributed by atoms with Crippen LogP contribution in [0.15, 0.2) is 0 Å². The molecule has 2 nitrogen and oxygen atoms in total. The molecular formula is C8H16O2. The van der Waals surface area contributed by atoms with Crippen LogP contribution in [0.5, 0.6) is 0 Å². The molecular weight excluding hydrogens is 128 g/mol. The number of hydrogen-bond donors (Lipinski definition) is 2. The molecule has 0 radical (unpaired) electrons. The van der Waals surface area contributed by atoms with E-state index in [1.165, 1.54) is 0 Å². The molecule has 1 rings (SSSR count). The zero-order chi connectivity index (χ0) is 7.99. The van der Waals surface area contributed by atoms with Gasteiger partial charge in [0.1, 0.15) is 0 Å². The summed E-state index contributed by atoms with van der Waals surface area (Å²) in [6.45, 7) is 5.88. The molecule has 1 aliphatic carbocycles. The zero-order valence-electron chi connectivity index (χ0n) is 6.89. The van der Waals surface area contributed by atoms with Crippen LogP contribution in [0.4, 0.5) is 0 Å². The predicted octanol–water partition coefficient (Wildman–Crippen LogP) is 1.12. The van der Waals surface area contributed by atoms with E-state index in [0.29, 0.717) is 12.3 Å². The molecule has 1 aliphatic rings. The summed E-state index contributed by atoms with van der Waals surface area (Å²) < 4.78 is 0. The van der Waals surface area contributed by atoms with Crippen molar-refractivity contribution < 1.29 is 10.2 Å². The normalized spacial score (nSPS) is 36.3. The van der Waals surface area contributed by atoms with Gasteiger partial charge < -0.3 is 10.2 Å². The Kier molecular flexibility index (Phi) is 1.57. The molecule has 0 aromatic rings. The number of aliphatic hydroxyl groups is 2. The fourth-order valence-corrected chi connectivity index (χ4v) is 1.50. The molecule has 0 amide bonds. The Labute approximate surface area is 61.9 Å². The lowest BCUT2D eigenvalue weighted by atomic mass is 9.79. The van der Waals surface area contributed by atoms with Crippen LogP contribution in [0.2, 0.25) is 0 Å². The van der Waals surface area contributed by atoms with Crippen molar-refractivity contribution in [2.24, 2.45) is 11.3 Å². The van der Waals surface area contributed by atoms with E-state index in [1.807, 2.05) is 13.8 Å². The maximum Gasteiger partial charge on any atom is 0.167 e. The van der Waals surface area contributed by atoms with E-state index < -0.39 is 5.79 Å². The molecule has 0 aliphatic heterocycles. The van der Waals surface area contributed by atoms with Crippen molar-refractivity contribution in [3.8, 4) is 0 Å². The summed E-state index contributed by atoms with van der Waals surface area (Å²) in [5.41, 5.74) is -0.340. The van der Waals surface area contributed by atoms with Gasteiger partial charge >= 0.3 is 0 Å². The average Bonchev–Trinajstić information content (AvgIpc) is 1.94. The quantitative estimate of drug-likeness (QED) is 0.500. The SMILES string of the molecule is CC1CCC(O)(O)C1(C)C. The molecule has 0 bridgehead atoms. The van der Waals surface area contributed by atoms with E-state index >= 15 is 0 Å². The first-order chi connectivity index (χ1) is 4.38. The van der Waals surface area contributed by atoms with Gasteiger partial charge in [0.05, 0.1) is 0 Å². The smallest absolute Gasteiger partial charge is 0.167 e. The summed E-state index contributed by atoms with van der Waals surface area (Å²) in [5, 5.41) is 18.9. The van der Waals surface area contributed by atoms with E-state index in [2.05, 4.69) is 6.92 Å². The minimum Gasteiger partial charge on any atom is -0.365 e. The molecule has 0 saturated heterocycles. The first-order valence-corrected chi connectivity index (χ1v) is 3.83. The van der Waals surface area contributed by atoms with E-state index in [1.54, 1.807) is 0 Å². The number of rotatable bonds is 0. The van der Waals surface area contributed by atoms with Crippen LogP contribution in [0.25, 0.3) is 0 Å². The van der Waals surface area contributed by atoms with Gasteiger partial charge in [0.15, 0.2) is 5.79 Å². The minimum atomic E-state index is -1.44. The van der Waals surface area contributed by atoms with Crippen LogP contribution < -0.4 is 0 Å². The predicted molar refractivity (Wildman–Crippen MR) is 39.3 cm³/mol. The first-order valence-electron chi connectivity index (χ1n) is 3.83. The second-order valence-corrected chi connectivity index (χ2v) is 3.98. The summed E-state index contributed by atoms with van der Waals surface area (Å²) in [5.74, 6) is -1.03. The summed E-state index contributed by atoms with van der Waals surface area (Å²) in [6, 6.07) is 0. The van der Waals surface area contributed by atoms with Gasteiger partial charge in [0, 0.05) is 11.8 Å². The summed E-state index contributed by atoms with van der Waals surface area (Å²) in [6.07, 6.45) is 1.43. The van der Waals surface area contributed by atoms with Gasteiger partial charge in [0.25, 0.3) is 0 Å². The van der Waals surface area contributed by atoms with Crippen molar-refractivity contribution in [1.29, 1.82) is 0 Å². The van der Waals surface area contributed by atoms with Crippen LogP contribution in [0, 0.1) is 11.3 Å². The molecule has 2 heteroatoms. The molecule has 1 atom stereocenters. The van der Waals surface area contributed by atoms with Crippen molar-refractivity contribution in [3.63, 3.8) is 0 Å². The third-order valence-electron chi connectivity index (χ3n) is 3.19. The molecule has 1 fully saturated rings. The molecule has 0 aromatic carbocycles. The Bertz CT molecular complexity index is 138. The van der Waals surface area contributed by atoms with E-state index in [4.69, 9.17) is 0 Å². The van der Waals surface area contributed by atoms with Crippen LogP contribution in [0.1, 0.15) is 33.6 Å². The molecule has 1 saturated carbocycles. The summed E-state index contributed by atoms with van der Waals surface area (Å²) >= 11 is 0. The van der Waals surface area contributed by atoms with Crippen LogP contribution in [0.3, 0.4) is 0 Å². The van der Waals surface area contributed by atoms with Crippen LogP contribution in [-0.4, -0.2) is 16.0 Å². The van der Waals surface area contributed by atoms with E-state index in [0.717, 1.165) is 6.42 Å². The molecule has 2 N–H and O–H groups in total. The lowest BCUT2D eigenvalue weighted by Crippen LogP contribution is -2.41. The highest BCUT2D eigenvalue weighted by molar-refractivity contribution is 4.94. The van der Waals surface area contributed by atoms with Gasteiger partial charge in [0.2, 0.25) is 0 Å². The highest BCUT2D eigenvalue weighted by Crippen LogP contribution is 2.48. The van der Waals surface area contributed by atoms with Crippen molar-refractivity contribution in [1.82, 2.24) is 0 Å². The molecule has 0 heterocycles. The highest BCUT2D eigenvalue weighted by Gasteiger charge is 2.50. The Morgan fingerprint density at radius 1 is 1.30 bits per heavy atom. The fourth-order valence-electron chi connectivity index (χ4n) is 1.50. The van der Waals surface area contributed by atoms with Gasteiger partial charge in [-0.05, 0) is 12.3 Å². The summed E-state index contributed by atoms with van der Waals surface area (Å²) in [4.78, 5) is 0. The molecule has 0 spiro atoms. The fraction of sp³-hybridized carbons (Fsp3) is 1.00. The van der Waals surface area contributed by atoms with Gasteiger partial charge in [-0.2, -0.15) is 0 Å². The van der Waals surface area contributed by atoms with Gasteiger partial charge in [-0.25, -0.2) is 0 Å². The van der Waals surface area contributed by atoms with Crippen molar-refractivity contribution in [3.05, 3.63) is 0 Å². The standard InChI is InChI=1S/C8H16O2/c1-6-4-5-8(9,10)7(6,2)3/h6,9-10H,4-5H2,1-3H3.